The van der Waals surface area contributed by atoms with Crippen LogP contribution in [0, 0.1) is 5.41 Å². The molecule has 2 saturated heterocycles. The largest absolute Gasteiger partial charge is 0.426 e. The third-order valence-corrected chi connectivity index (χ3v) is 9.61. The van der Waals surface area contributed by atoms with Crippen LogP contribution in [0.1, 0.15) is 105 Å². The van der Waals surface area contributed by atoms with Crippen LogP contribution in [0.15, 0.2) is 36.4 Å². The van der Waals surface area contributed by atoms with Gasteiger partial charge in [0, 0.05) is 11.1 Å². The van der Waals surface area contributed by atoms with Crippen molar-refractivity contribution in [1.29, 1.82) is 0 Å². The lowest BCUT2D eigenvalue weighted by Gasteiger charge is -2.41. The molecule has 2 aromatic carbocycles. The third kappa shape index (κ3) is 8.02. The second-order valence-corrected chi connectivity index (χ2v) is 17.9. The van der Waals surface area contributed by atoms with Gasteiger partial charge in [-0.1, -0.05) is 107 Å². The molecule has 0 N–H and O–H groups in total. The molecule has 6 nitrogen and oxygen atoms in total. The van der Waals surface area contributed by atoms with Gasteiger partial charge in [0.25, 0.3) is 0 Å². The maximum atomic E-state index is 6.38. The highest BCUT2D eigenvalue weighted by Gasteiger charge is 2.45. The van der Waals surface area contributed by atoms with E-state index >= 15 is 0 Å². The Hall–Kier alpha value is -1.26. The molecule has 8 heteroatoms. The minimum Gasteiger partial charge on any atom is -0.426 e. The van der Waals surface area contributed by atoms with Crippen LogP contribution < -0.4 is 9.05 Å². The lowest BCUT2D eigenvalue weighted by molar-refractivity contribution is -0.0673. The summed E-state index contributed by atoms with van der Waals surface area (Å²) in [5.74, 6) is 1.65. The summed E-state index contributed by atoms with van der Waals surface area (Å²) in [5, 5.41) is 0. The van der Waals surface area contributed by atoms with Gasteiger partial charge in [-0.3, -0.25) is 0 Å². The SMILES string of the molecule is CC(C)(C)c1ccc(C(C)(C)C)c(OP2OCC3(CO2)COP(Oc2cc(C(C)(C)C)ccc2C(C)(C)C)OC3)c1. The van der Waals surface area contributed by atoms with Gasteiger partial charge in [0.1, 0.15) is 11.5 Å². The van der Waals surface area contributed by atoms with Gasteiger partial charge < -0.3 is 27.1 Å². The third-order valence-electron chi connectivity index (χ3n) is 7.56. The minimum absolute atomic E-state index is 0.0129. The number of benzene rings is 2. The zero-order chi connectivity index (χ0) is 30.4. The van der Waals surface area contributed by atoms with Gasteiger partial charge in [-0.15, -0.1) is 0 Å². The number of rotatable bonds is 4. The van der Waals surface area contributed by atoms with Crippen LogP contribution in [-0.4, -0.2) is 26.4 Å². The van der Waals surface area contributed by atoms with Crippen molar-refractivity contribution >= 4 is 17.2 Å². The van der Waals surface area contributed by atoms with E-state index in [9.17, 15) is 0 Å². The van der Waals surface area contributed by atoms with Crippen molar-refractivity contribution in [2.24, 2.45) is 5.41 Å². The van der Waals surface area contributed by atoms with Gasteiger partial charge in [-0.2, -0.15) is 0 Å². The normalized spacial score (nSPS) is 24.4. The van der Waals surface area contributed by atoms with Crippen LogP contribution in [-0.2, 0) is 39.8 Å². The maximum absolute atomic E-state index is 6.38. The molecule has 2 fully saturated rings. The van der Waals surface area contributed by atoms with Crippen LogP contribution >= 0.6 is 17.2 Å². The monoisotopic (exact) mass is 604 g/mol. The summed E-state index contributed by atoms with van der Waals surface area (Å²) in [6.45, 7) is 28.2. The van der Waals surface area contributed by atoms with E-state index in [1.165, 1.54) is 11.1 Å². The van der Waals surface area contributed by atoms with E-state index in [1.807, 2.05) is 0 Å². The van der Waals surface area contributed by atoms with Crippen molar-refractivity contribution in [1.82, 2.24) is 0 Å². The standard InChI is InChI=1S/C33H50O6P2/c1-29(2,3)23-13-15-25(31(7,8)9)27(17-23)38-40-34-19-33(20-35-40)21-36-41(37-22-33)39-28-18-24(30(4,5)6)14-16-26(28)32(10,11)12/h13-18H,19-22H2,1-12H3. The fourth-order valence-electron chi connectivity index (χ4n) is 4.72. The van der Waals surface area contributed by atoms with Crippen molar-refractivity contribution in [3.05, 3.63) is 58.7 Å². The first-order valence-electron chi connectivity index (χ1n) is 14.5. The first kappa shape index (κ1) is 32.6. The van der Waals surface area contributed by atoms with Crippen LogP contribution in [0.3, 0.4) is 0 Å². The highest BCUT2D eigenvalue weighted by molar-refractivity contribution is 7.42. The van der Waals surface area contributed by atoms with E-state index in [1.54, 1.807) is 0 Å². The lowest BCUT2D eigenvalue weighted by atomic mass is 9.81. The zero-order valence-corrected chi connectivity index (χ0v) is 28.9. The van der Waals surface area contributed by atoms with E-state index in [2.05, 4.69) is 119 Å². The molecule has 2 aliphatic rings. The first-order chi connectivity index (χ1) is 18.8. The highest BCUT2D eigenvalue weighted by atomic mass is 31.2. The fourth-order valence-corrected chi connectivity index (χ4v) is 7.22. The van der Waals surface area contributed by atoms with Crippen LogP contribution in [0.4, 0.5) is 0 Å². The van der Waals surface area contributed by atoms with Gasteiger partial charge in [0.15, 0.2) is 0 Å². The molecule has 41 heavy (non-hydrogen) atoms. The quantitative estimate of drug-likeness (QED) is 0.324. The number of hydrogen-bond acceptors (Lipinski definition) is 6. The average molecular weight is 605 g/mol. The summed E-state index contributed by atoms with van der Waals surface area (Å²) in [6.07, 6.45) is 0. The van der Waals surface area contributed by atoms with E-state index < -0.39 is 17.2 Å². The summed E-state index contributed by atoms with van der Waals surface area (Å²) >= 11 is 0. The second kappa shape index (κ2) is 11.7. The Balaban J connectivity index is 1.40. The molecular formula is C33H50O6P2. The smallest absolute Gasteiger partial charge is 0.397 e. The summed E-state index contributed by atoms with van der Waals surface area (Å²) in [6, 6.07) is 13.0. The molecule has 0 saturated carbocycles. The highest BCUT2D eigenvalue weighted by Crippen LogP contribution is 2.54. The van der Waals surface area contributed by atoms with Gasteiger partial charge in [-0.25, -0.2) is 0 Å². The predicted octanol–water partition coefficient (Wildman–Crippen LogP) is 9.87. The summed E-state index contributed by atoms with van der Waals surface area (Å²) < 4.78 is 37.4. The Labute approximate surface area is 250 Å². The van der Waals surface area contributed by atoms with Crippen LogP contribution in [0.5, 0.6) is 11.5 Å². The molecule has 2 heterocycles. The Bertz CT molecular complexity index is 1100. The number of hydrogen-bond donors (Lipinski definition) is 0. The van der Waals surface area contributed by atoms with Crippen molar-refractivity contribution in [2.75, 3.05) is 26.4 Å². The van der Waals surface area contributed by atoms with E-state index in [-0.39, 0.29) is 27.1 Å². The van der Waals surface area contributed by atoms with Gasteiger partial charge >= 0.3 is 17.2 Å². The van der Waals surface area contributed by atoms with Crippen LogP contribution in [0.25, 0.3) is 0 Å². The van der Waals surface area contributed by atoms with Gasteiger partial charge in [0.05, 0.1) is 31.8 Å². The summed E-state index contributed by atoms with van der Waals surface area (Å²) in [5.41, 5.74) is 4.21. The molecule has 228 valence electrons. The average Bonchev–Trinajstić information content (AvgIpc) is 2.84. The van der Waals surface area contributed by atoms with Crippen molar-refractivity contribution < 1.29 is 27.1 Å². The van der Waals surface area contributed by atoms with Gasteiger partial charge in [0.2, 0.25) is 0 Å². The molecule has 0 atom stereocenters. The van der Waals surface area contributed by atoms with E-state index in [0.717, 1.165) is 22.6 Å². The van der Waals surface area contributed by atoms with E-state index in [0.29, 0.717) is 26.4 Å². The topological polar surface area (TPSA) is 55.4 Å². The van der Waals surface area contributed by atoms with Gasteiger partial charge in [-0.05, 0) is 44.9 Å². The maximum Gasteiger partial charge on any atom is 0.397 e. The summed E-state index contributed by atoms with van der Waals surface area (Å²) in [7, 11) is -3.06. The molecule has 0 aliphatic carbocycles. The lowest BCUT2D eigenvalue weighted by Crippen LogP contribution is -2.45. The molecule has 2 aliphatic heterocycles. The second-order valence-electron chi connectivity index (χ2n) is 15.6. The molecule has 0 bridgehead atoms. The van der Waals surface area contributed by atoms with Crippen LogP contribution in [0.2, 0.25) is 0 Å². The first-order valence-corrected chi connectivity index (χ1v) is 16.7. The van der Waals surface area contributed by atoms with Crippen molar-refractivity contribution in [3.63, 3.8) is 0 Å². The van der Waals surface area contributed by atoms with Crippen molar-refractivity contribution in [2.45, 2.75) is 105 Å². The fraction of sp³-hybridized carbons (Fsp3) is 0.636. The molecule has 0 amide bonds. The Morgan fingerprint density at radius 1 is 0.512 bits per heavy atom. The Morgan fingerprint density at radius 3 is 1.10 bits per heavy atom. The van der Waals surface area contributed by atoms with E-state index in [4.69, 9.17) is 27.1 Å². The predicted molar refractivity (Wildman–Crippen MR) is 169 cm³/mol. The molecule has 1 spiro atoms. The zero-order valence-electron chi connectivity index (χ0n) is 27.1. The summed E-state index contributed by atoms with van der Waals surface area (Å²) in [4.78, 5) is 0. The molecule has 4 rings (SSSR count). The Morgan fingerprint density at radius 2 is 0.829 bits per heavy atom. The molecule has 2 aromatic rings. The minimum atomic E-state index is -1.53. The molecule has 0 radical (unpaired) electrons. The van der Waals surface area contributed by atoms with Crippen molar-refractivity contribution in [3.8, 4) is 11.5 Å². The molecule has 0 unspecified atom stereocenters. The molecule has 0 aromatic heterocycles. The Kier molecular flexibility index (Phi) is 9.30. The molecular weight excluding hydrogens is 554 g/mol.